The summed E-state index contributed by atoms with van der Waals surface area (Å²) < 4.78 is 5.26. The zero-order valence-electron chi connectivity index (χ0n) is 15.4. The fourth-order valence-electron chi connectivity index (χ4n) is 3.81. The van der Waals surface area contributed by atoms with Crippen LogP contribution in [0, 0.1) is 11.3 Å². The number of hydrogen-bond donors (Lipinski definition) is 3. The molecule has 0 spiro atoms. The highest BCUT2D eigenvalue weighted by Crippen LogP contribution is 2.38. The van der Waals surface area contributed by atoms with Crippen LogP contribution in [0.2, 0.25) is 0 Å². The summed E-state index contributed by atoms with van der Waals surface area (Å²) in [6.45, 7) is 5.53. The molecule has 0 bridgehead atoms. The van der Waals surface area contributed by atoms with E-state index in [1.165, 1.54) is 0 Å². The van der Waals surface area contributed by atoms with E-state index in [0.29, 0.717) is 19.3 Å². The Morgan fingerprint density at radius 2 is 1.76 bits per heavy atom. The zero-order valence-corrected chi connectivity index (χ0v) is 15.4. The second kappa shape index (κ2) is 7.62. The van der Waals surface area contributed by atoms with E-state index in [1.54, 1.807) is 20.8 Å². The fourth-order valence-corrected chi connectivity index (χ4v) is 3.81. The van der Waals surface area contributed by atoms with Crippen LogP contribution in [0.25, 0.3) is 0 Å². The van der Waals surface area contributed by atoms with Gasteiger partial charge in [0, 0.05) is 12.6 Å². The van der Waals surface area contributed by atoms with Crippen molar-refractivity contribution in [2.75, 3.05) is 6.54 Å². The Kier molecular flexibility index (Phi) is 5.95. The third kappa shape index (κ3) is 5.09. The zero-order chi connectivity index (χ0) is 18.7. The van der Waals surface area contributed by atoms with E-state index < -0.39 is 23.1 Å². The first-order valence-electron chi connectivity index (χ1n) is 9.14. The lowest BCUT2D eigenvalue weighted by Gasteiger charge is -2.27. The molecule has 2 fully saturated rings. The quantitative estimate of drug-likeness (QED) is 0.703. The van der Waals surface area contributed by atoms with Crippen LogP contribution >= 0.6 is 0 Å². The van der Waals surface area contributed by atoms with Crippen LogP contribution < -0.4 is 10.6 Å². The molecule has 0 aromatic rings. The summed E-state index contributed by atoms with van der Waals surface area (Å²) in [5, 5.41) is 15.1. The molecule has 0 aromatic carbocycles. The monoisotopic (exact) mass is 354 g/mol. The molecule has 2 rings (SSSR count). The van der Waals surface area contributed by atoms with Crippen molar-refractivity contribution in [1.29, 1.82) is 0 Å². The number of carbonyl (C=O) groups excluding carboxylic acids is 2. The maximum Gasteiger partial charge on any atom is 0.407 e. The van der Waals surface area contributed by atoms with Gasteiger partial charge in [-0.25, -0.2) is 4.79 Å². The van der Waals surface area contributed by atoms with Gasteiger partial charge in [-0.05, 0) is 46.5 Å². The number of ether oxygens (including phenoxy) is 1. The number of carboxylic acids is 1. The molecule has 0 aliphatic heterocycles. The fraction of sp³-hybridized carbons (Fsp3) is 0.833. The third-order valence-electron chi connectivity index (χ3n) is 5.17. The Balaban J connectivity index is 1.89. The van der Waals surface area contributed by atoms with Gasteiger partial charge in [-0.3, -0.25) is 9.59 Å². The minimum absolute atomic E-state index is 0.164. The Morgan fingerprint density at radius 1 is 1.12 bits per heavy atom. The first kappa shape index (κ1) is 19.5. The smallest absolute Gasteiger partial charge is 0.407 e. The summed E-state index contributed by atoms with van der Waals surface area (Å²) >= 11 is 0. The molecule has 7 heteroatoms. The van der Waals surface area contributed by atoms with Gasteiger partial charge in [0.2, 0.25) is 5.91 Å². The number of carboxylic acid groups (broad SMARTS) is 1. The predicted octanol–water partition coefficient (Wildman–Crippen LogP) is 2.44. The van der Waals surface area contributed by atoms with Crippen molar-refractivity contribution < 1.29 is 24.2 Å². The van der Waals surface area contributed by atoms with Gasteiger partial charge in [-0.15, -0.1) is 0 Å². The molecule has 0 saturated heterocycles. The minimum Gasteiger partial charge on any atom is -0.481 e. The van der Waals surface area contributed by atoms with Crippen molar-refractivity contribution in [2.24, 2.45) is 11.3 Å². The number of carbonyl (C=O) groups is 3. The molecule has 142 valence electrons. The van der Waals surface area contributed by atoms with Gasteiger partial charge >= 0.3 is 12.1 Å². The number of nitrogens with one attached hydrogen (secondary N) is 2. The van der Waals surface area contributed by atoms with Crippen LogP contribution in [-0.4, -0.2) is 41.3 Å². The molecule has 0 radical (unpaired) electrons. The molecule has 0 aromatic heterocycles. The summed E-state index contributed by atoms with van der Waals surface area (Å²) in [7, 11) is 0. The minimum atomic E-state index is -0.833. The SMILES string of the molecule is CC(C)(C)OC(=O)NC1CCCC1C(=O)NCC1(C(=O)O)CCCC1. The average molecular weight is 354 g/mol. The van der Waals surface area contributed by atoms with E-state index in [2.05, 4.69) is 10.6 Å². The second-order valence-electron chi connectivity index (χ2n) is 8.30. The van der Waals surface area contributed by atoms with E-state index in [-0.39, 0.29) is 24.4 Å². The molecular formula is C18H30N2O5. The van der Waals surface area contributed by atoms with Crippen molar-refractivity contribution >= 4 is 18.0 Å². The van der Waals surface area contributed by atoms with Crippen molar-refractivity contribution in [2.45, 2.75) is 77.4 Å². The molecule has 2 amide bonds. The average Bonchev–Trinajstić information content (AvgIpc) is 3.12. The van der Waals surface area contributed by atoms with Crippen LogP contribution in [-0.2, 0) is 14.3 Å². The molecule has 2 saturated carbocycles. The Morgan fingerprint density at radius 3 is 2.32 bits per heavy atom. The van der Waals surface area contributed by atoms with Crippen LogP contribution in [0.15, 0.2) is 0 Å². The summed E-state index contributed by atoms with van der Waals surface area (Å²) in [6, 6.07) is -0.265. The van der Waals surface area contributed by atoms with Gasteiger partial charge < -0.3 is 20.5 Å². The number of rotatable bonds is 5. The maximum atomic E-state index is 12.5. The molecular weight excluding hydrogens is 324 g/mol. The largest absolute Gasteiger partial charge is 0.481 e. The summed E-state index contributed by atoms with van der Waals surface area (Å²) in [5.41, 5.74) is -1.42. The van der Waals surface area contributed by atoms with E-state index >= 15 is 0 Å². The lowest BCUT2D eigenvalue weighted by molar-refractivity contribution is -0.148. The van der Waals surface area contributed by atoms with Crippen molar-refractivity contribution in [1.82, 2.24) is 10.6 Å². The third-order valence-corrected chi connectivity index (χ3v) is 5.17. The molecule has 0 heterocycles. The lowest BCUT2D eigenvalue weighted by atomic mass is 9.86. The molecule has 2 aliphatic rings. The molecule has 2 atom stereocenters. The summed E-state index contributed by atoms with van der Waals surface area (Å²) in [4.78, 5) is 36.1. The van der Waals surface area contributed by atoms with E-state index in [1.807, 2.05) is 0 Å². The summed E-state index contributed by atoms with van der Waals surface area (Å²) in [6.07, 6.45) is 4.72. The molecule has 2 unspecified atom stereocenters. The maximum absolute atomic E-state index is 12.5. The summed E-state index contributed by atoms with van der Waals surface area (Å²) in [5.74, 6) is -1.34. The van der Waals surface area contributed by atoms with Crippen molar-refractivity contribution in [3.63, 3.8) is 0 Å². The highest BCUT2D eigenvalue weighted by Gasteiger charge is 2.42. The molecule has 3 N–H and O–H groups in total. The predicted molar refractivity (Wildman–Crippen MR) is 92.0 cm³/mol. The number of hydrogen-bond acceptors (Lipinski definition) is 4. The topological polar surface area (TPSA) is 105 Å². The number of alkyl carbamates (subject to hydrolysis) is 1. The first-order chi connectivity index (χ1) is 11.6. The van der Waals surface area contributed by atoms with Crippen molar-refractivity contribution in [3.8, 4) is 0 Å². The first-order valence-corrected chi connectivity index (χ1v) is 9.14. The molecule has 2 aliphatic carbocycles. The Hall–Kier alpha value is -1.79. The van der Waals surface area contributed by atoms with E-state index in [0.717, 1.165) is 25.7 Å². The van der Waals surface area contributed by atoms with Gasteiger partial charge in [-0.1, -0.05) is 19.3 Å². The van der Waals surface area contributed by atoms with Gasteiger partial charge in [-0.2, -0.15) is 0 Å². The Bertz CT molecular complexity index is 520. The molecule has 7 nitrogen and oxygen atoms in total. The number of aliphatic carboxylic acids is 1. The van der Waals surface area contributed by atoms with Crippen LogP contribution in [0.5, 0.6) is 0 Å². The van der Waals surface area contributed by atoms with Crippen LogP contribution in [0.4, 0.5) is 4.79 Å². The Labute approximate surface area is 148 Å². The van der Waals surface area contributed by atoms with Crippen LogP contribution in [0.1, 0.15) is 65.7 Å². The van der Waals surface area contributed by atoms with Gasteiger partial charge in [0.15, 0.2) is 0 Å². The lowest BCUT2D eigenvalue weighted by Crippen LogP contribution is -2.48. The second-order valence-corrected chi connectivity index (χ2v) is 8.30. The van der Waals surface area contributed by atoms with E-state index in [4.69, 9.17) is 4.74 Å². The van der Waals surface area contributed by atoms with Crippen LogP contribution in [0.3, 0.4) is 0 Å². The normalized spacial score (nSPS) is 25.4. The highest BCUT2D eigenvalue weighted by molar-refractivity contribution is 5.82. The number of amides is 2. The molecule has 25 heavy (non-hydrogen) atoms. The standard InChI is InChI=1S/C18H30N2O5/c1-17(2,3)25-16(24)20-13-8-6-7-12(13)14(21)19-11-18(15(22)23)9-4-5-10-18/h12-13H,4-11H2,1-3H3,(H,19,21)(H,20,24)(H,22,23). The van der Waals surface area contributed by atoms with Gasteiger partial charge in [0.25, 0.3) is 0 Å². The van der Waals surface area contributed by atoms with Gasteiger partial charge in [0.1, 0.15) is 5.60 Å². The highest BCUT2D eigenvalue weighted by atomic mass is 16.6. The van der Waals surface area contributed by atoms with E-state index in [9.17, 15) is 19.5 Å². The van der Waals surface area contributed by atoms with Gasteiger partial charge in [0.05, 0.1) is 11.3 Å². The van der Waals surface area contributed by atoms with Crippen molar-refractivity contribution in [3.05, 3.63) is 0 Å².